The topological polar surface area (TPSA) is 87.0 Å². The van der Waals surface area contributed by atoms with E-state index in [1.165, 1.54) is 0 Å². The van der Waals surface area contributed by atoms with Gasteiger partial charge in [-0.3, -0.25) is 4.79 Å². The maximum absolute atomic E-state index is 11.6. The number of carbonyl (C=O) groups is 2. The minimum absolute atomic E-state index is 0.352. The molecule has 27 heavy (non-hydrogen) atoms. The molecule has 0 atom stereocenters. The molecule has 0 aliphatic rings. The van der Waals surface area contributed by atoms with E-state index in [0.29, 0.717) is 48.7 Å². The number of allylic oxidation sites excluding steroid dienone is 1. The van der Waals surface area contributed by atoms with Crippen LogP contribution in [-0.2, 0) is 9.53 Å². The third-order valence-electron chi connectivity index (χ3n) is 3.46. The number of fused-ring (bicyclic) bond motifs is 1. The molecule has 0 saturated carbocycles. The number of nitrogens with one attached hydrogen (secondary N) is 1. The highest BCUT2D eigenvalue weighted by atomic mass is 16.6. The van der Waals surface area contributed by atoms with E-state index in [1.54, 1.807) is 24.5 Å². The van der Waals surface area contributed by atoms with Crippen LogP contribution in [0, 0.1) is 0 Å². The molecule has 1 N–H and O–H groups in total. The highest BCUT2D eigenvalue weighted by Crippen LogP contribution is 2.38. The van der Waals surface area contributed by atoms with Crippen molar-refractivity contribution in [2.24, 2.45) is 0 Å². The van der Waals surface area contributed by atoms with Crippen LogP contribution in [-0.4, -0.2) is 31.3 Å². The largest absolute Gasteiger partial charge is 0.492 e. The maximum Gasteiger partial charge on any atom is 0.407 e. The minimum atomic E-state index is -0.534. The molecule has 146 valence electrons. The molecule has 0 spiro atoms. The predicted octanol–water partition coefficient (Wildman–Crippen LogP) is 4.29. The molecule has 0 aliphatic carbocycles. The summed E-state index contributed by atoms with van der Waals surface area (Å²) in [6.07, 6.45) is 5.30. The van der Waals surface area contributed by atoms with Gasteiger partial charge in [-0.25, -0.2) is 4.79 Å². The summed E-state index contributed by atoms with van der Waals surface area (Å²) in [5.74, 6) is 0.917. The summed E-state index contributed by atoms with van der Waals surface area (Å²) < 4.78 is 21.6. The Labute approximate surface area is 158 Å². The number of hydrogen-bond acceptors (Lipinski definition) is 6. The van der Waals surface area contributed by atoms with Gasteiger partial charge in [-0.15, -0.1) is 0 Å². The first kappa shape index (κ1) is 20.4. The number of amides is 1. The van der Waals surface area contributed by atoms with Crippen LogP contribution in [0.1, 0.15) is 39.7 Å². The molecule has 2 rings (SSSR count). The molecule has 1 amide bonds. The Balaban J connectivity index is 2.05. The Morgan fingerprint density at radius 1 is 1.33 bits per heavy atom. The van der Waals surface area contributed by atoms with E-state index < -0.39 is 11.7 Å². The van der Waals surface area contributed by atoms with Gasteiger partial charge in [0.05, 0.1) is 23.8 Å². The lowest BCUT2D eigenvalue weighted by Gasteiger charge is -2.19. The standard InChI is InChI=1S/C20H25NO6/c1-5-7-14-17(26-13-22)12-16-15(8-11-24-16)18(14)25-10-6-9-21-19(23)27-20(2,3)4/h5,7-8,11-13H,6,9-10H2,1-4H3,(H,21,23)/b7-5-. The van der Waals surface area contributed by atoms with E-state index in [9.17, 15) is 9.59 Å². The number of furan rings is 1. The van der Waals surface area contributed by atoms with Gasteiger partial charge in [0.2, 0.25) is 0 Å². The summed E-state index contributed by atoms with van der Waals surface area (Å²) in [6, 6.07) is 3.44. The van der Waals surface area contributed by atoms with Crippen LogP contribution < -0.4 is 14.8 Å². The van der Waals surface area contributed by atoms with Crippen molar-refractivity contribution in [3.05, 3.63) is 30.0 Å². The Hall–Kier alpha value is -2.96. The Bertz CT molecular complexity index is 816. The smallest absolute Gasteiger partial charge is 0.407 e. The van der Waals surface area contributed by atoms with Crippen molar-refractivity contribution in [1.82, 2.24) is 5.32 Å². The zero-order valence-corrected chi connectivity index (χ0v) is 16.0. The number of alkyl carbamates (subject to hydrolysis) is 1. The molecular formula is C20H25NO6. The van der Waals surface area contributed by atoms with Gasteiger partial charge < -0.3 is 23.9 Å². The SMILES string of the molecule is C/C=C\c1c(OC=O)cc2occc2c1OCCCNC(=O)OC(C)(C)C. The van der Waals surface area contributed by atoms with Crippen molar-refractivity contribution >= 4 is 29.6 Å². The summed E-state index contributed by atoms with van der Waals surface area (Å²) in [6.45, 7) is 8.41. The second-order valence-corrected chi connectivity index (χ2v) is 6.79. The zero-order chi connectivity index (χ0) is 19.9. The summed E-state index contributed by atoms with van der Waals surface area (Å²) in [5, 5.41) is 3.46. The van der Waals surface area contributed by atoms with Crippen LogP contribution in [0.2, 0.25) is 0 Å². The molecule has 0 radical (unpaired) electrons. The Morgan fingerprint density at radius 2 is 2.11 bits per heavy atom. The van der Waals surface area contributed by atoms with Crippen LogP contribution in [0.5, 0.6) is 11.5 Å². The first-order chi connectivity index (χ1) is 12.9. The number of rotatable bonds is 8. The van der Waals surface area contributed by atoms with E-state index in [4.69, 9.17) is 18.6 Å². The fraction of sp³-hybridized carbons (Fsp3) is 0.400. The molecule has 7 heteroatoms. The fourth-order valence-corrected chi connectivity index (χ4v) is 2.45. The molecule has 0 unspecified atom stereocenters. The van der Waals surface area contributed by atoms with Crippen molar-refractivity contribution in [3.63, 3.8) is 0 Å². The molecule has 1 aromatic carbocycles. The molecule has 2 aromatic rings. The lowest BCUT2D eigenvalue weighted by molar-refractivity contribution is -0.120. The molecule has 0 aliphatic heterocycles. The van der Waals surface area contributed by atoms with Crippen LogP contribution in [0.4, 0.5) is 4.79 Å². The van der Waals surface area contributed by atoms with Crippen LogP contribution >= 0.6 is 0 Å². The van der Waals surface area contributed by atoms with Crippen molar-refractivity contribution in [1.29, 1.82) is 0 Å². The van der Waals surface area contributed by atoms with Crippen molar-refractivity contribution < 1.29 is 28.2 Å². The van der Waals surface area contributed by atoms with Crippen LogP contribution in [0.3, 0.4) is 0 Å². The molecule has 1 aromatic heterocycles. The molecule has 7 nitrogen and oxygen atoms in total. The van der Waals surface area contributed by atoms with E-state index >= 15 is 0 Å². The first-order valence-electron chi connectivity index (χ1n) is 8.72. The fourth-order valence-electron chi connectivity index (χ4n) is 2.45. The van der Waals surface area contributed by atoms with Crippen molar-refractivity contribution in [2.75, 3.05) is 13.2 Å². The van der Waals surface area contributed by atoms with Gasteiger partial charge in [-0.05, 0) is 40.2 Å². The van der Waals surface area contributed by atoms with Gasteiger partial charge in [0, 0.05) is 12.6 Å². The maximum atomic E-state index is 11.6. The van der Waals surface area contributed by atoms with Gasteiger partial charge in [0.1, 0.15) is 22.7 Å². The van der Waals surface area contributed by atoms with Gasteiger partial charge in [-0.2, -0.15) is 0 Å². The predicted molar refractivity (Wildman–Crippen MR) is 102 cm³/mol. The lowest BCUT2D eigenvalue weighted by Crippen LogP contribution is -2.33. The van der Waals surface area contributed by atoms with Crippen molar-refractivity contribution in [3.8, 4) is 11.5 Å². The second-order valence-electron chi connectivity index (χ2n) is 6.79. The molecule has 0 bridgehead atoms. The number of carbonyl (C=O) groups excluding carboxylic acids is 2. The molecule has 0 fully saturated rings. The highest BCUT2D eigenvalue weighted by Gasteiger charge is 2.17. The molecule has 1 heterocycles. The number of benzene rings is 1. The molecular weight excluding hydrogens is 350 g/mol. The van der Waals surface area contributed by atoms with Gasteiger partial charge in [0.15, 0.2) is 0 Å². The quantitative estimate of drug-likeness (QED) is 0.547. The summed E-state index contributed by atoms with van der Waals surface area (Å²) >= 11 is 0. The number of hydrogen-bond donors (Lipinski definition) is 1. The van der Waals surface area contributed by atoms with Crippen molar-refractivity contribution in [2.45, 2.75) is 39.7 Å². The van der Waals surface area contributed by atoms with Crippen LogP contribution in [0.15, 0.2) is 28.9 Å². The monoisotopic (exact) mass is 375 g/mol. The zero-order valence-electron chi connectivity index (χ0n) is 16.0. The third-order valence-corrected chi connectivity index (χ3v) is 3.46. The minimum Gasteiger partial charge on any atom is -0.492 e. The van der Waals surface area contributed by atoms with E-state index in [1.807, 2.05) is 33.8 Å². The van der Waals surface area contributed by atoms with Gasteiger partial charge >= 0.3 is 6.09 Å². The summed E-state index contributed by atoms with van der Waals surface area (Å²) in [7, 11) is 0. The highest BCUT2D eigenvalue weighted by molar-refractivity contribution is 5.91. The summed E-state index contributed by atoms with van der Waals surface area (Å²) in [4.78, 5) is 22.5. The summed E-state index contributed by atoms with van der Waals surface area (Å²) in [5.41, 5.74) is 0.675. The first-order valence-corrected chi connectivity index (χ1v) is 8.72. The van der Waals surface area contributed by atoms with E-state index in [2.05, 4.69) is 5.32 Å². The average Bonchev–Trinajstić information content (AvgIpc) is 3.03. The third kappa shape index (κ3) is 5.77. The van der Waals surface area contributed by atoms with Crippen LogP contribution in [0.25, 0.3) is 17.0 Å². The normalized spacial score (nSPS) is 11.6. The number of ether oxygens (including phenoxy) is 3. The van der Waals surface area contributed by atoms with Gasteiger partial charge in [-0.1, -0.05) is 12.2 Å². The average molecular weight is 375 g/mol. The molecule has 0 saturated heterocycles. The van der Waals surface area contributed by atoms with E-state index in [-0.39, 0.29) is 0 Å². The van der Waals surface area contributed by atoms with Gasteiger partial charge in [0.25, 0.3) is 6.47 Å². The lowest BCUT2D eigenvalue weighted by atomic mass is 10.1. The second kappa shape index (κ2) is 9.12. The van der Waals surface area contributed by atoms with E-state index in [0.717, 1.165) is 5.39 Å². The Kier molecular flexibility index (Phi) is 6.87. The Morgan fingerprint density at radius 3 is 2.78 bits per heavy atom.